The lowest BCUT2D eigenvalue weighted by molar-refractivity contribution is 0.0521. The molecule has 2 aromatic carbocycles. The average Bonchev–Trinajstić information content (AvgIpc) is 3.07. The second kappa shape index (κ2) is 7.44. The standard InChI is InChI=1S/C19H17N3O3/c1-2-25-19(24)16-17(21-18(23)14-9-5-3-6-10-14)22(13-20-16)15-11-7-4-8-12-15/h3-13H,2H2,1H3,(H,21,23). The number of hydrogen-bond donors (Lipinski definition) is 1. The number of benzene rings is 2. The molecular formula is C19H17N3O3. The van der Waals surface area contributed by atoms with Gasteiger partial charge in [0.2, 0.25) is 0 Å². The van der Waals surface area contributed by atoms with Gasteiger partial charge < -0.3 is 10.1 Å². The fourth-order valence-corrected chi connectivity index (χ4v) is 2.37. The molecule has 0 aliphatic carbocycles. The number of amides is 1. The van der Waals surface area contributed by atoms with E-state index in [1.54, 1.807) is 35.8 Å². The zero-order valence-corrected chi connectivity index (χ0v) is 13.7. The molecule has 1 amide bonds. The molecule has 0 aliphatic rings. The second-order valence-electron chi connectivity index (χ2n) is 5.19. The quantitative estimate of drug-likeness (QED) is 0.726. The van der Waals surface area contributed by atoms with E-state index < -0.39 is 5.97 Å². The van der Waals surface area contributed by atoms with Crippen molar-refractivity contribution < 1.29 is 14.3 Å². The maximum absolute atomic E-state index is 12.5. The molecule has 6 nitrogen and oxygen atoms in total. The molecule has 6 heteroatoms. The van der Waals surface area contributed by atoms with Gasteiger partial charge in [0.05, 0.1) is 6.61 Å². The van der Waals surface area contributed by atoms with E-state index in [4.69, 9.17) is 4.74 Å². The number of anilines is 1. The van der Waals surface area contributed by atoms with Gasteiger partial charge in [-0.25, -0.2) is 9.78 Å². The Morgan fingerprint density at radius 2 is 1.68 bits per heavy atom. The highest BCUT2D eigenvalue weighted by atomic mass is 16.5. The maximum atomic E-state index is 12.5. The van der Waals surface area contributed by atoms with Crippen LogP contribution in [0, 0.1) is 0 Å². The molecule has 25 heavy (non-hydrogen) atoms. The van der Waals surface area contributed by atoms with Crippen molar-refractivity contribution in [2.75, 3.05) is 11.9 Å². The minimum Gasteiger partial charge on any atom is -0.461 e. The Bertz CT molecular complexity index is 873. The Labute approximate surface area is 145 Å². The smallest absolute Gasteiger partial charge is 0.360 e. The van der Waals surface area contributed by atoms with Crippen LogP contribution in [0.4, 0.5) is 5.82 Å². The average molecular weight is 335 g/mol. The van der Waals surface area contributed by atoms with Gasteiger partial charge in [-0.3, -0.25) is 9.36 Å². The molecule has 0 saturated carbocycles. The van der Waals surface area contributed by atoms with Crippen LogP contribution in [0.3, 0.4) is 0 Å². The summed E-state index contributed by atoms with van der Waals surface area (Å²) in [5, 5.41) is 2.77. The summed E-state index contributed by atoms with van der Waals surface area (Å²) >= 11 is 0. The minimum atomic E-state index is -0.583. The van der Waals surface area contributed by atoms with Crippen LogP contribution in [0.25, 0.3) is 5.69 Å². The van der Waals surface area contributed by atoms with Gasteiger partial charge in [-0.05, 0) is 31.2 Å². The fourth-order valence-electron chi connectivity index (χ4n) is 2.37. The minimum absolute atomic E-state index is 0.0648. The summed E-state index contributed by atoms with van der Waals surface area (Å²) in [7, 11) is 0. The van der Waals surface area contributed by atoms with Gasteiger partial charge in [-0.15, -0.1) is 0 Å². The molecule has 0 fully saturated rings. The predicted molar refractivity (Wildman–Crippen MR) is 93.9 cm³/mol. The van der Waals surface area contributed by atoms with E-state index >= 15 is 0 Å². The predicted octanol–water partition coefficient (Wildman–Crippen LogP) is 3.30. The topological polar surface area (TPSA) is 73.2 Å². The Balaban J connectivity index is 2.01. The van der Waals surface area contributed by atoms with E-state index in [2.05, 4.69) is 10.3 Å². The van der Waals surface area contributed by atoms with Crippen molar-refractivity contribution >= 4 is 17.7 Å². The second-order valence-corrected chi connectivity index (χ2v) is 5.19. The van der Waals surface area contributed by atoms with Crippen molar-refractivity contribution in [3.05, 3.63) is 78.2 Å². The van der Waals surface area contributed by atoms with Crippen LogP contribution < -0.4 is 5.32 Å². The highest BCUT2D eigenvalue weighted by Crippen LogP contribution is 2.21. The molecular weight excluding hydrogens is 318 g/mol. The Morgan fingerprint density at radius 3 is 2.32 bits per heavy atom. The molecule has 1 heterocycles. The zero-order chi connectivity index (χ0) is 17.6. The molecule has 1 N–H and O–H groups in total. The number of ether oxygens (including phenoxy) is 1. The van der Waals surface area contributed by atoms with E-state index in [1.807, 2.05) is 36.4 Å². The van der Waals surface area contributed by atoms with Crippen LogP contribution in [-0.2, 0) is 4.74 Å². The van der Waals surface area contributed by atoms with Gasteiger partial charge in [0.15, 0.2) is 11.5 Å². The summed E-state index contributed by atoms with van der Waals surface area (Å²) in [4.78, 5) is 28.8. The number of imidazole rings is 1. The van der Waals surface area contributed by atoms with Gasteiger partial charge in [0, 0.05) is 11.3 Å². The summed E-state index contributed by atoms with van der Waals surface area (Å²) in [6.07, 6.45) is 1.49. The molecule has 126 valence electrons. The van der Waals surface area contributed by atoms with Crippen LogP contribution in [0.5, 0.6) is 0 Å². The number of nitrogens with zero attached hydrogens (tertiary/aromatic N) is 2. The summed E-state index contributed by atoms with van der Waals surface area (Å²) in [5.41, 5.74) is 1.32. The largest absolute Gasteiger partial charge is 0.461 e. The summed E-state index contributed by atoms with van der Waals surface area (Å²) in [5.74, 6) is -0.636. The number of hydrogen-bond acceptors (Lipinski definition) is 4. The molecule has 0 aliphatic heterocycles. The lowest BCUT2D eigenvalue weighted by atomic mass is 10.2. The SMILES string of the molecule is CCOC(=O)c1ncn(-c2ccccc2)c1NC(=O)c1ccccc1. The van der Waals surface area contributed by atoms with Crippen LogP contribution in [-0.4, -0.2) is 28.0 Å². The van der Waals surface area contributed by atoms with Crippen LogP contribution in [0.15, 0.2) is 67.0 Å². The van der Waals surface area contributed by atoms with Crippen molar-refractivity contribution in [1.29, 1.82) is 0 Å². The van der Waals surface area contributed by atoms with E-state index in [0.717, 1.165) is 5.69 Å². The first-order valence-electron chi connectivity index (χ1n) is 7.87. The van der Waals surface area contributed by atoms with E-state index in [0.29, 0.717) is 5.56 Å². The highest BCUT2D eigenvalue weighted by molar-refractivity contribution is 6.07. The molecule has 0 radical (unpaired) electrons. The highest BCUT2D eigenvalue weighted by Gasteiger charge is 2.22. The lowest BCUT2D eigenvalue weighted by Gasteiger charge is -2.11. The molecule has 0 unspecified atom stereocenters. The molecule has 0 bridgehead atoms. The Morgan fingerprint density at radius 1 is 1.04 bits per heavy atom. The van der Waals surface area contributed by atoms with Crippen LogP contribution in [0.2, 0.25) is 0 Å². The number of para-hydroxylation sites is 1. The number of nitrogens with one attached hydrogen (secondary N) is 1. The van der Waals surface area contributed by atoms with Gasteiger partial charge >= 0.3 is 5.97 Å². The van der Waals surface area contributed by atoms with E-state index in [-0.39, 0.29) is 24.0 Å². The van der Waals surface area contributed by atoms with Crippen molar-refractivity contribution in [1.82, 2.24) is 9.55 Å². The van der Waals surface area contributed by atoms with E-state index in [9.17, 15) is 9.59 Å². The van der Waals surface area contributed by atoms with Crippen LogP contribution in [0.1, 0.15) is 27.8 Å². The van der Waals surface area contributed by atoms with Gasteiger partial charge in [0.25, 0.3) is 5.91 Å². The van der Waals surface area contributed by atoms with Crippen molar-refractivity contribution in [3.8, 4) is 5.69 Å². The third-order valence-corrected chi connectivity index (χ3v) is 3.54. The first kappa shape index (κ1) is 16.4. The number of esters is 1. The first-order chi connectivity index (χ1) is 12.2. The van der Waals surface area contributed by atoms with Crippen molar-refractivity contribution in [3.63, 3.8) is 0 Å². The van der Waals surface area contributed by atoms with Gasteiger partial charge in [-0.1, -0.05) is 36.4 Å². The number of rotatable bonds is 5. The number of aromatic nitrogens is 2. The summed E-state index contributed by atoms with van der Waals surface area (Å²) in [6, 6.07) is 18.1. The van der Waals surface area contributed by atoms with E-state index in [1.165, 1.54) is 6.33 Å². The van der Waals surface area contributed by atoms with Gasteiger partial charge in [0.1, 0.15) is 6.33 Å². The monoisotopic (exact) mass is 335 g/mol. The molecule has 3 aromatic rings. The molecule has 0 atom stereocenters. The molecule has 3 rings (SSSR count). The van der Waals surface area contributed by atoms with Gasteiger partial charge in [-0.2, -0.15) is 0 Å². The maximum Gasteiger partial charge on any atom is 0.360 e. The Hall–Kier alpha value is -3.41. The third-order valence-electron chi connectivity index (χ3n) is 3.54. The Kier molecular flexibility index (Phi) is 4.89. The zero-order valence-electron chi connectivity index (χ0n) is 13.7. The van der Waals surface area contributed by atoms with Crippen molar-refractivity contribution in [2.24, 2.45) is 0 Å². The summed E-state index contributed by atoms with van der Waals surface area (Å²) in [6.45, 7) is 1.94. The molecule has 0 spiro atoms. The molecule has 0 saturated heterocycles. The molecule has 1 aromatic heterocycles. The number of carbonyl (C=O) groups is 2. The lowest BCUT2D eigenvalue weighted by Crippen LogP contribution is -2.18. The normalized spacial score (nSPS) is 10.3. The van der Waals surface area contributed by atoms with Crippen LogP contribution >= 0.6 is 0 Å². The third kappa shape index (κ3) is 3.58. The fraction of sp³-hybridized carbons (Fsp3) is 0.105. The first-order valence-corrected chi connectivity index (χ1v) is 7.87. The summed E-state index contributed by atoms with van der Waals surface area (Å²) < 4.78 is 6.68. The van der Waals surface area contributed by atoms with Crippen molar-refractivity contribution in [2.45, 2.75) is 6.92 Å². The number of carbonyl (C=O) groups excluding carboxylic acids is 2.